The fourth-order valence-electron chi connectivity index (χ4n) is 2.46. The van der Waals surface area contributed by atoms with Crippen molar-refractivity contribution in [1.29, 1.82) is 0 Å². The Morgan fingerprint density at radius 2 is 1.91 bits per heavy atom. The maximum absolute atomic E-state index is 13.3. The number of sulfonamides is 1. The van der Waals surface area contributed by atoms with Gasteiger partial charge < -0.3 is 0 Å². The van der Waals surface area contributed by atoms with Gasteiger partial charge in [-0.1, -0.05) is 0 Å². The molecule has 0 bridgehead atoms. The third-order valence-corrected chi connectivity index (χ3v) is 6.52. The Morgan fingerprint density at radius 1 is 1.17 bits per heavy atom. The van der Waals surface area contributed by atoms with Gasteiger partial charge in [-0.05, 0) is 41.6 Å². The van der Waals surface area contributed by atoms with Crippen LogP contribution in [0.1, 0.15) is 16.0 Å². The van der Waals surface area contributed by atoms with Crippen molar-refractivity contribution in [2.45, 2.75) is 24.0 Å². The van der Waals surface area contributed by atoms with Crippen LogP contribution in [0.15, 0.2) is 34.5 Å². The van der Waals surface area contributed by atoms with Gasteiger partial charge in [0.2, 0.25) is 10.0 Å². The molecule has 23 heavy (non-hydrogen) atoms. The minimum atomic E-state index is -4.95. The van der Waals surface area contributed by atoms with Gasteiger partial charge in [0.15, 0.2) is 0 Å². The van der Waals surface area contributed by atoms with Crippen LogP contribution in [0, 0.1) is 5.82 Å². The van der Waals surface area contributed by atoms with Crippen molar-refractivity contribution >= 4 is 21.4 Å². The molecular formula is C14H11F4NO2S2. The van der Waals surface area contributed by atoms with E-state index in [1.165, 1.54) is 11.3 Å². The topological polar surface area (TPSA) is 37.4 Å². The highest BCUT2D eigenvalue weighted by molar-refractivity contribution is 7.89. The molecule has 3 rings (SSSR count). The van der Waals surface area contributed by atoms with Crippen molar-refractivity contribution < 1.29 is 26.0 Å². The fourth-order valence-corrected chi connectivity index (χ4v) is 4.79. The first-order valence-corrected chi connectivity index (χ1v) is 8.94. The molecule has 1 aliphatic heterocycles. The number of hydrogen-bond acceptors (Lipinski definition) is 3. The second-order valence-corrected chi connectivity index (χ2v) is 8.04. The van der Waals surface area contributed by atoms with Gasteiger partial charge in [-0.25, -0.2) is 12.8 Å². The second-order valence-electron chi connectivity index (χ2n) is 5.10. The van der Waals surface area contributed by atoms with E-state index in [-0.39, 0.29) is 13.1 Å². The van der Waals surface area contributed by atoms with E-state index in [4.69, 9.17) is 0 Å². The predicted octanol–water partition coefficient (Wildman–Crippen LogP) is 3.65. The summed E-state index contributed by atoms with van der Waals surface area (Å²) >= 11 is 1.52. The quantitative estimate of drug-likeness (QED) is 0.762. The van der Waals surface area contributed by atoms with E-state index >= 15 is 0 Å². The van der Waals surface area contributed by atoms with E-state index in [0.717, 1.165) is 20.8 Å². The first kappa shape index (κ1) is 16.4. The highest BCUT2D eigenvalue weighted by Gasteiger charge is 2.36. The van der Waals surface area contributed by atoms with Crippen molar-refractivity contribution in [3.8, 4) is 0 Å². The van der Waals surface area contributed by atoms with Crippen molar-refractivity contribution in [1.82, 2.24) is 4.31 Å². The van der Waals surface area contributed by atoms with E-state index in [9.17, 15) is 26.0 Å². The van der Waals surface area contributed by atoms with Crippen LogP contribution in [0.5, 0.6) is 0 Å². The molecule has 2 aromatic rings. The molecule has 1 aromatic heterocycles. The zero-order chi connectivity index (χ0) is 16.8. The predicted molar refractivity (Wildman–Crippen MR) is 77.0 cm³/mol. The SMILES string of the molecule is O=S(=O)(c1ccc(F)c(C(F)(F)F)c1)N1CCc2sccc2C1. The zero-order valence-electron chi connectivity index (χ0n) is 11.6. The molecule has 3 nitrogen and oxygen atoms in total. The van der Waals surface area contributed by atoms with Gasteiger partial charge >= 0.3 is 6.18 Å². The van der Waals surface area contributed by atoms with Gasteiger partial charge in [-0.3, -0.25) is 0 Å². The van der Waals surface area contributed by atoms with Crippen LogP contribution in [-0.4, -0.2) is 19.3 Å². The minimum absolute atomic E-state index is 0.111. The molecular weight excluding hydrogens is 354 g/mol. The summed E-state index contributed by atoms with van der Waals surface area (Å²) in [4.78, 5) is 0.524. The van der Waals surface area contributed by atoms with E-state index in [1.807, 2.05) is 5.38 Å². The van der Waals surface area contributed by atoms with Crippen LogP contribution in [-0.2, 0) is 29.2 Å². The first-order chi connectivity index (χ1) is 10.7. The largest absolute Gasteiger partial charge is 0.419 e. The molecule has 9 heteroatoms. The van der Waals surface area contributed by atoms with Crippen molar-refractivity contribution in [3.63, 3.8) is 0 Å². The van der Waals surface area contributed by atoms with Crippen LogP contribution in [0.2, 0.25) is 0 Å². The molecule has 0 N–H and O–H groups in total. The number of hydrogen-bond donors (Lipinski definition) is 0. The molecule has 0 unspecified atom stereocenters. The molecule has 0 saturated carbocycles. The van der Waals surface area contributed by atoms with Crippen molar-refractivity contribution in [2.24, 2.45) is 0 Å². The zero-order valence-corrected chi connectivity index (χ0v) is 13.2. The highest BCUT2D eigenvalue weighted by Crippen LogP contribution is 2.34. The summed E-state index contributed by atoms with van der Waals surface area (Å²) in [5, 5.41) is 1.85. The van der Waals surface area contributed by atoms with Crippen LogP contribution < -0.4 is 0 Å². The van der Waals surface area contributed by atoms with Gasteiger partial charge in [0, 0.05) is 18.0 Å². The number of benzene rings is 1. The minimum Gasteiger partial charge on any atom is -0.207 e. The average Bonchev–Trinajstić information content (AvgIpc) is 2.93. The molecule has 0 radical (unpaired) electrons. The molecule has 0 saturated heterocycles. The summed E-state index contributed by atoms with van der Waals surface area (Å²) < 4.78 is 77.8. The maximum Gasteiger partial charge on any atom is 0.419 e. The lowest BCUT2D eigenvalue weighted by molar-refractivity contribution is -0.140. The third-order valence-electron chi connectivity index (χ3n) is 3.65. The van der Waals surface area contributed by atoms with E-state index in [2.05, 4.69) is 0 Å². The standard InChI is InChI=1S/C14H11F4NO2S2/c15-12-2-1-10(7-11(12)14(16,17)18)23(20,21)19-5-3-13-9(8-19)4-6-22-13/h1-2,4,6-7H,3,5,8H2. The average molecular weight is 365 g/mol. The van der Waals surface area contributed by atoms with Crippen LogP contribution in [0.3, 0.4) is 0 Å². The van der Waals surface area contributed by atoms with Gasteiger partial charge in [-0.15, -0.1) is 11.3 Å². The summed E-state index contributed by atoms with van der Waals surface area (Å²) in [5.74, 6) is -1.49. The van der Waals surface area contributed by atoms with Crippen molar-refractivity contribution in [3.05, 3.63) is 51.5 Å². The maximum atomic E-state index is 13.3. The van der Waals surface area contributed by atoms with Crippen LogP contribution in [0.4, 0.5) is 17.6 Å². The van der Waals surface area contributed by atoms with Crippen molar-refractivity contribution in [2.75, 3.05) is 6.54 Å². The molecule has 1 aliphatic rings. The lowest BCUT2D eigenvalue weighted by Crippen LogP contribution is -2.35. The van der Waals surface area contributed by atoms with E-state index < -0.39 is 32.5 Å². The normalized spacial score (nSPS) is 16.3. The smallest absolute Gasteiger partial charge is 0.207 e. The van der Waals surface area contributed by atoms with E-state index in [1.54, 1.807) is 6.07 Å². The second kappa shape index (κ2) is 5.57. The number of alkyl halides is 3. The van der Waals surface area contributed by atoms with E-state index in [0.29, 0.717) is 18.6 Å². The number of nitrogens with zero attached hydrogens (tertiary/aromatic N) is 1. The van der Waals surface area contributed by atoms with Gasteiger partial charge in [0.05, 0.1) is 10.5 Å². The van der Waals surface area contributed by atoms with Gasteiger partial charge in [0.1, 0.15) is 5.82 Å². The lowest BCUT2D eigenvalue weighted by atomic mass is 10.1. The third kappa shape index (κ3) is 3.00. The number of thiophene rings is 1. The summed E-state index contributed by atoms with van der Waals surface area (Å²) in [6.45, 7) is 0.300. The lowest BCUT2D eigenvalue weighted by Gasteiger charge is -2.26. The first-order valence-electron chi connectivity index (χ1n) is 6.62. The monoisotopic (exact) mass is 365 g/mol. The molecule has 0 amide bonds. The van der Waals surface area contributed by atoms with Crippen LogP contribution >= 0.6 is 11.3 Å². The molecule has 0 atom stereocenters. The Balaban J connectivity index is 1.98. The Labute approximate surface area is 134 Å². The molecule has 124 valence electrons. The summed E-state index contributed by atoms with van der Waals surface area (Å²) in [6, 6.07) is 3.56. The Bertz CT molecular complexity index is 843. The number of rotatable bonds is 2. The summed E-state index contributed by atoms with van der Waals surface area (Å²) in [7, 11) is -4.11. The molecule has 2 heterocycles. The Hall–Kier alpha value is -1.45. The Kier molecular flexibility index (Phi) is 3.97. The number of halogens is 4. The molecule has 0 spiro atoms. The Morgan fingerprint density at radius 3 is 2.61 bits per heavy atom. The number of fused-ring (bicyclic) bond motifs is 1. The van der Waals surface area contributed by atoms with Gasteiger partial charge in [0.25, 0.3) is 0 Å². The van der Waals surface area contributed by atoms with Gasteiger partial charge in [-0.2, -0.15) is 17.5 Å². The highest BCUT2D eigenvalue weighted by atomic mass is 32.2. The fraction of sp³-hybridized carbons (Fsp3) is 0.286. The summed E-state index contributed by atoms with van der Waals surface area (Å²) in [5.41, 5.74) is -0.727. The molecule has 1 aromatic carbocycles. The molecule has 0 aliphatic carbocycles. The van der Waals surface area contributed by atoms with Crippen LogP contribution in [0.25, 0.3) is 0 Å². The summed E-state index contributed by atoms with van der Waals surface area (Å²) in [6.07, 6.45) is -4.43. The molecule has 0 fully saturated rings.